The number of aryl methyl sites for hydroxylation is 1. The van der Waals surface area contributed by atoms with E-state index in [9.17, 15) is 4.39 Å². The number of hydrogen-bond acceptors (Lipinski definition) is 4. The summed E-state index contributed by atoms with van der Waals surface area (Å²) in [4.78, 5) is 4.11. The van der Waals surface area contributed by atoms with Crippen molar-refractivity contribution >= 4 is 22.6 Å². The Hall–Kier alpha value is -1.95. The third-order valence-electron chi connectivity index (χ3n) is 2.82. The van der Waals surface area contributed by atoms with Crippen LogP contribution in [0.3, 0.4) is 0 Å². The van der Waals surface area contributed by atoms with Crippen LogP contribution >= 0.6 is 11.8 Å². The fourth-order valence-electron chi connectivity index (χ4n) is 1.55. The maximum absolute atomic E-state index is 12.4. The van der Waals surface area contributed by atoms with Gasteiger partial charge in [0.05, 0.1) is 11.5 Å². The predicted octanol–water partition coefficient (Wildman–Crippen LogP) is 6.50. The van der Waals surface area contributed by atoms with Crippen LogP contribution in [0.15, 0.2) is 48.2 Å². The summed E-state index contributed by atoms with van der Waals surface area (Å²) in [5.41, 5.74) is 6.44. The molecular weight excluding hydrogens is 383 g/mol. The Labute approximate surface area is 183 Å². The molecule has 0 atom stereocenters. The fourth-order valence-corrected chi connectivity index (χ4v) is 2.15. The van der Waals surface area contributed by atoms with Gasteiger partial charge in [-0.25, -0.2) is 4.39 Å². The molecule has 1 aromatic rings. The van der Waals surface area contributed by atoms with Crippen molar-refractivity contribution in [2.45, 2.75) is 60.8 Å². The Morgan fingerprint density at radius 3 is 2.28 bits per heavy atom. The number of nitrogens with zero attached hydrogens (tertiary/aromatic N) is 1. The fraction of sp³-hybridized carbons (Fsp3) is 0.522. The van der Waals surface area contributed by atoms with E-state index in [2.05, 4.69) is 49.6 Å². The average Bonchev–Trinajstić information content (AvgIpc) is 2.71. The quantitative estimate of drug-likeness (QED) is 0.153. The molecule has 0 saturated heterocycles. The lowest BCUT2D eigenvalue weighted by molar-refractivity contribution is 0.632. The summed E-state index contributed by atoms with van der Waals surface area (Å²) in [5, 5.41) is 7.18. The van der Waals surface area contributed by atoms with Crippen LogP contribution in [-0.4, -0.2) is 24.5 Å². The highest BCUT2D eigenvalue weighted by Gasteiger charge is 1.99. The normalized spacial score (nSPS) is 9.45. The number of hydrogen-bond donors (Lipinski definition) is 3. The minimum absolute atomic E-state index is 0.218. The summed E-state index contributed by atoms with van der Waals surface area (Å²) < 4.78 is 12.4. The number of halogens is 1. The van der Waals surface area contributed by atoms with Crippen LogP contribution in [0.1, 0.15) is 59.4 Å². The molecule has 0 bridgehead atoms. The van der Waals surface area contributed by atoms with Gasteiger partial charge in [-0.3, -0.25) is 4.99 Å². The third-order valence-corrected chi connectivity index (χ3v) is 3.78. The second kappa shape index (κ2) is 24.1. The molecule has 29 heavy (non-hydrogen) atoms. The molecule has 1 aromatic carbocycles. The monoisotopic (exact) mass is 426 g/mol. The van der Waals surface area contributed by atoms with Gasteiger partial charge in [0.1, 0.15) is 5.82 Å². The van der Waals surface area contributed by atoms with Crippen LogP contribution in [0.2, 0.25) is 0 Å². The van der Waals surface area contributed by atoms with Crippen molar-refractivity contribution in [3.63, 3.8) is 0 Å². The van der Waals surface area contributed by atoms with Gasteiger partial charge in [-0.05, 0) is 31.0 Å². The smallest absolute Gasteiger partial charge is 0.162 e. The van der Waals surface area contributed by atoms with E-state index < -0.39 is 0 Å². The van der Waals surface area contributed by atoms with Crippen molar-refractivity contribution in [3.8, 4) is 0 Å². The van der Waals surface area contributed by atoms with Crippen LogP contribution in [0.4, 0.5) is 10.1 Å². The Balaban J connectivity index is -0.000000407. The Morgan fingerprint density at radius 2 is 1.86 bits per heavy atom. The predicted molar refractivity (Wildman–Crippen MR) is 134 cm³/mol. The highest BCUT2D eigenvalue weighted by atomic mass is 32.2. The largest absolute Gasteiger partial charge is 0.396 e. The van der Waals surface area contributed by atoms with E-state index >= 15 is 0 Å². The maximum Gasteiger partial charge on any atom is 0.162 e. The van der Waals surface area contributed by atoms with Crippen molar-refractivity contribution in [3.05, 3.63) is 54.6 Å². The topological polar surface area (TPSA) is 62.4 Å². The molecule has 4 nitrogen and oxygen atoms in total. The van der Waals surface area contributed by atoms with Gasteiger partial charge in [-0.2, -0.15) is 0 Å². The van der Waals surface area contributed by atoms with Crippen LogP contribution in [0, 0.1) is 12.7 Å². The second-order valence-corrected chi connectivity index (χ2v) is 6.75. The molecule has 0 heterocycles. The number of anilines is 1. The van der Waals surface area contributed by atoms with Gasteiger partial charge in [0.25, 0.3) is 0 Å². The molecule has 1 rings (SSSR count). The molecule has 0 radical (unpaired) electrons. The molecule has 0 aliphatic heterocycles. The highest BCUT2D eigenvalue weighted by molar-refractivity contribution is 8.13. The van der Waals surface area contributed by atoms with Crippen molar-refractivity contribution in [1.82, 2.24) is 10.6 Å². The first-order chi connectivity index (χ1) is 13.9. The zero-order chi connectivity index (χ0) is 23.1. The minimum atomic E-state index is -0.347. The van der Waals surface area contributed by atoms with E-state index in [0.29, 0.717) is 0 Å². The maximum atomic E-state index is 12.4. The third kappa shape index (κ3) is 22.2. The van der Waals surface area contributed by atoms with Crippen LogP contribution in [-0.2, 0) is 0 Å². The number of thioether (sulfide) groups is 1. The molecule has 0 fully saturated rings. The van der Waals surface area contributed by atoms with Crippen molar-refractivity contribution in [2.24, 2.45) is 4.99 Å². The molecule has 0 saturated carbocycles. The van der Waals surface area contributed by atoms with Gasteiger partial charge in [-0.15, -0.1) is 6.58 Å². The first-order valence-corrected chi connectivity index (χ1v) is 11.3. The van der Waals surface area contributed by atoms with E-state index in [1.165, 1.54) is 18.9 Å². The van der Waals surface area contributed by atoms with Crippen molar-refractivity contribution in [2.75, 3.05) is 25.1 Å². The van der Waals surface area contributed by atoms with E-state index in [4.69, 9.17) is 5.73 Å². The summed E-state index contributed by atoms with van der Waals surface area (Å²) in [5.74, 6) is 1.31. The van der Waals surface area contributed by atoms with E-state index in [-0.39, 0.29) is 11.5 Å². The van der Waals surface area contributed by atoms with Crippen LogP contribution in [0.25, 0.3) is 0 Å². The summed E-state index contributed by atoms with van der Waals surface area (Å²) in [6, 6.07) is 4.66. The van der Waals surface area contributed by atoms with E-state index in [0.717, 1.165) is 35.3 Å². The number of rotatable bonds is 7. The number of nitrogens with two attached hydrogens (primary N) is 1. The van der Waals surface area contributed by atoms with Gasteiger partial charge in [0.2, 0.25) is 0 Å². The van der Waals surface area contributed by atoms with Crippen molar-refractivity contribution in [1.29, 1.82) is 0 Å². The second-order valence-electron chi connectivity index (χ2n) is 5.74. The standard InChI is InChI=1S/C11H21N3S.C7H8FN.C3H8.C2H6/c1-5-7-8-13-10(3)14-11(12-4)15-9-6-2;1-5-2-3-6(8)7(9)4-5;1-3-2;1-2/h6,13H,2-3,5,7-9H2,1,4H3,(H,12,14);2-4H,9H2,1H3;3H2,1-2H3;1-2H3. The van der Waals surface area contributed by atoms with Crippen LogP contribution < -0.4 is 16.4 Å². The SMILES string of the molecule is C=CCSC(=NC)NC(=C)NCCCC.CC.CCC.Cc1ccc(F)c(N)c1. The Morgan fingerprint density at radius 1 is 1.28 bits per heavy atom. The Kier molecular flexibility index (Phi) is 26.4. The number of aliphatic imine (C=N–C) groups is 1. The molecule has 6 heteroatoms. The molecule has 0 spiro atoms. The molecular formula is C23H43FN4S. The molecule has 0 unspecified atom stereocenters. The lowest BCUT2D eigenvalue weighted by Gasteiger charge is -2.12. The molecule has 0 aliphatic rings. The summed E-state index contributed by atoms with van der Waals surface area (Å²) in [6.45, 7) is 20.8. The van der Waals surface area contributed by atoms with E-state index in [1.807, 2.05) is 26.8 Å². The van der Waals surface area contributed by atoms with Gasteiger partial charge in [-0.1, -0.05) is 77.9 Å². The molecule has 168 valence electrons. The zero-order valence-electron chi connectivity index (χ0n) is 19.6. The van der Waals surface area contributed by atoms with Gasteiger partial charge < -0.3 is 16.4 Å². The average molecular weight is 427 g/mol. The van der Waals surface area contributed by atoms with Crippen LogP contribution in [0.5, 0.6) is 0 Å². The summed E-state index contributed by atoms with van der Waals surface area (Å²) in [6.07, 6.45) is 5.43. The number of nitrogen functional groups attached to an aromatic ring is 1. The van der Waals surface area contributed by atoms with Gasteiger partial charge in [0, 0.05) is 19.3 Å². The van der Waals surface area contributed by atoms with Crippen molar-refractivity contribution < 1.29 is 4.39 Å². The Bertz CT molecular complexity index is 560. The first-order valence-electron chi connectivity index (χ1n) is 10.3. The molecule has 0 aromatic heterocycles. The van der Waals surface area contributed by atoms with Gasteiger partial charge >= 0.3 is 0 Å². The molecule has 0 aliphatic carbocycles. The summed E-state index contributed by atoms with van der Waals surface area (Å²) >= 11 is 1.61. The molecule has 0 amide bonds. The highest BCUT2D eigenvalue weighted by Crippen LogP contribution is 2.10. The number of benzene rings is 1. The number of unbranched alkanes of at least 4 members (excludes halogenated alkanes) is 1. The summed E-state index contributed by atoms with van der Waals surface area (Å²) in [7, 11) is 1.76. The lowest BCUT2D eigenvalue weighted by Crippen LogP contribution is -2.29. The molecule has 4 N–H and O–H groups in total. The van der Waals surface area contributed by atoms with Gasteiger partial charge in [0.15, 0.2) is 5.17 Å². The van der Waals surface area contributed by atoms with E-state index in [1.54, 1.807) is 30.9 Å². The lowest BCUT2D eigenvalue weighted by atomic mass is 10.2. The number of nitrogens with one attached hydrogen (secondary N) is 2. The first kappa shape index (κ1) is 31.7. The minimum Gasteiger partial charge on any atom is -0.396 e. The zero-order valence-corrected chi connectivity index (χ0v) is 20.4. The number of amidine groups is 1.